The molecular weight excluding hydrogens is 1500 g/mol. The first-order chi connectivity index (χ1) is 51.6. The second-order valence-electron chi connectivity index (χ2n) is 34.0. The largest absolute Gasteiger partial charge is 0.460 e. The molecule has 0 spiro atoms. The van der Waals surface area contributed by atoms with Crippen LogP contribution in [0.1, 0.15) is 334 Å². The predicted octanol–water partition coefficient (Wildman–Crippen LogP) is 26.7. The first-order valence-corrected chi connectivity index (χ1v) is 46.8. The molecule has 640 valence electrons. The molecule has 2 rings (SSSR count). The van der Waals surface area contributed by atoms with E-state index in [2.05, 4.69) is 187 Å². The lowest BCUT2D eigenvalue weighted by Crippen LogP contribution is -2.46. The fraction of sp³-hybridized carbons (Fsp3) is 0.688. The molecule has 0 aromatic heterocycles. The lowest BCUT2D eigenvalue weighted by atomic mass is 9.87. The maximum Gasteiger partial charge on any atom is 0.310 e. The number of hydrogen-bond acceptors (Lipinski definition) is 17. The number of rotatable bonds is 40. The van der Waals surface area contributed by atoms with Gasteiger partial charge in [0.05, 0.1) is 18.5 Å². The molecule has 3 N–H and O–H groups in total. The van der Waals surface area contributed by atoms with E-state index >= 15 is 0 Å². The number of esters is 3. The van der Waals surface area contributed by atoms with E-state index in [1.165, 1.54) is 50.5 Å². The van der Waals surface area contributed by atoms with Crippen molar-refractivity contribution < 1.29 is 47.8 Å². The first-order valence-electron chi connectivity index (χ1n) is 40.9. The van der Waals surface area contributed by atoms with Gasteiger partial charge in [-0.05, 0) is 205 Å². The van der Waals surface area contributed by atoms with Gasteiger partial charge >= 0.3 is 17.9 Å². The first kappa shape index (κ1) is 116. The number of nitrogens with one attached hydrogen (secondary N) is 1. The highest BCUT2D eigenvalue weighted by Gasteiger charge is 2.32. The molecule has 4 atom stereocenters. The number of carbonyl (C=O) groups excluding carboxylic acids is 7. The summed E-state index contributed by atoms with van der Waals surface area (Å²) in [5.41, 5.74) is 3.44. The molecule has 12 nitrogen and oxygen atoms in total. The van der Waals surface area contributed by atoms with Crippen molar-refractivity contribution in [3.05, 3.63) is 134 Å². The number of hydrogen-bond donors (Lipinski definition) is 4. The summed E-state index contributed by atoms with van der Waals surface area (Å²) in [7, 11) is 8.03. The van der Waals surface area contributed by atoms with Crippen LogP contribution in [0.3, 0.4) is 0 Å². The molecule has 0 saturated carbocycles. The molecule has 0 unspecified atom stereocenters. The summed E-state index contributed by atoms with van der Waals surface area (Å²) < 4.78 is 16.7. The summed E-state index contributed by atoms with van der Waals surface area (Å²) in [6.07, 6.45) is 72.0. The lowest BCUT2D eigenvalue weighted by Gasteiger charge is -2.23. The van der Waals surface area contributed by atoms with Gasteiger partial charge < -0.3 is 25.3 Å². The maximum atomic E-state index is 11.7. The van der Waals surface area contributed by atoms with Crippen molar-refractivity contribution in [2.45, 2.75) is 372 Å². The van der Waals surface area contributed by atoms with Crippen LogP contribution in [-0.4, -0.2) is 103 Å². The zero-order valence-electron chi connectivity index (χ0n) is 74.5. The van der Waals surface area contributed by atoms with Crippen LogP contribution < -0.4 is 11.1 Å². The molecule has 0 bridgehead atoms. The third kappa shape index (κ3) is 83.8. The van der Waals surface area contributed by atoms with Gasteiger partial charge in [0.2, 0.25) is 5.91 Å². The van der Waals surface area contributed by atoms with Gasteiger partial charge in [-0.25, -0.2) is 0 Å². The maximum absolute atomic E-state index is 11.7. The normalized spacial score (nSPS) is 16.9. The standard InChI is InChI=1S/C24H38O2.C16H26O2.C13H24O2S2.C13H24OS2.C11H18.C9H17NO2S.C7H15NOS/c1-5-6-7-8-9-10-11-12-13-14-15-16-17-18-19-20-21-22-23(25)26-24(2,3)4;1-5-6-7-8-9-10-11-12-13-14-15(17)18-16(2,3)4;1-12(2,3)15-11(14)7-5-6-8-13(4)9-10-16-17-13;1-12(2,3)11(14)7-5-6-8-13(4)9-10-15-16-13;1-3-5-7-9-11-10-8-6-4-2;1-6(11)10-7(5-13)8(12)9(2,3)4;1-7(2,3)6(9)5(8)4-10/h6-7,9-10,12-13,15-16,18-19H,5,8,11,14,17,20-22H2,1-4H3;6-7,9-10,12-13H,5,8,11,14H2,1-4H3;5-10H2,1-4H3;5-10H2,1-4H3;3,5-6,8-9,11H,4,7,10H2,1-2H3;7,13H,5H2,1-4H3,(H,10,11);5,10H,4,8H2,1-3H3/b7-6-,10-9-,13-12-,16-15-,19-18-;7-6-,10-9-,13-12-;;;5-3-,8-6-,11-9-;;/t;;2*13-;;7-;5-/m..11.00/s1. The topological polar surface area (TPSA) is 185 Å². The molecule has 0 aromatic rings. The number of allylic oxidation sites excluding steroid dienone is 21. The van der Waals surface area contributed by atoms with Crippen LogP contribution in [0.2, 0.25) is 0 Å². The van der Waals surface area contributed by atoms with Crippen LogP contribution in [0.25, 0.3) is 0 Å². The summed E-state index contributed by atoms with van der Waals surface area (Å²) in [4.78, 5) is 79.8. The van der Waals surface area contributed by atoms with Crippen LogP contribution in [0.15, 0.2) is 134 Å². The summed E-state index contributed by atoms with van der Waals surface area (Å²) in [6, 6.07) is -0.885. The van der Waals surface area contributed by atoms with Gasteiger partial charge in [0, 0.05) is 74.9 Å². The number of ketones is 3. The van der Waals surface area contributed by atoms with Crippen LogP contribution in [0, 0.1) is 16.2 Å². The van der Waals surface area contributed by atoms with E-state index in [9.17, 15) is 33.6 Å². The second-order valence-corrected chi connectivity index (χ2v) is 40.7. The van der Waals surface area contributed by atoms with Gasteiger partial charge in [-0.15, -0.1) is 0 Å². The minimum absolute atomic E-state index is 0.0118. The van der Waals surface area contributed by atoms with Gasteiger partial charge in [0.25, 0.3) is 0 Å². The highest BCUT2D eigenvalue weighted by molar-refractivity contribution is 8.78. The molecule has 2 aliphatic rings. The minimum Gasteiger partial charge on any atom is -0.460 e. The Balaban J connectivity index is -0.000000402. The van der Waals surface area contributed by atoms with Crippen LogP contribution in [0.5, 0.6) is 0 Å². The SMILES string of the molecule is C/C=C\C/C=C\C/C=C\CC.CC(=O)N[C@@H](CS)C(=O)C(C)(C)C.CC(C)(C)C(=O)CCCC[C@]1(C)CCSS1.CC(C)(C)C(=O)[C@@H](N)CS.CC(C)(C)OC(=O)CCCC[C@]1(C)CCSS1.CC/C=C\C/C=C\C/C=C\C/C=C\C/C=C\CCCC(=O)OC(C)(C)C.CC/C=C\C/C=C\C/C=C\CC(=O)OC(C)(C)C. The molecule has 1 amide bonds. The van der Waals surface area contributed by atoms with E-state index in [4.69, 9.17) is 19.9 Å². The monoisotopic (exact) mass is 1660 g/mol. The van der Waals surface area contributed by atoms with Crippen LogP contribution in [-0.2, 0) is 47.8 Å². The number of thiol groups is 2. The number of nitrogens with two attached hydrogens (primary N) is 1. The zero-order chi connectivity index (χ0) is 85.9. The van der Waals surface area contributed by atoms with Gasteiger partial charge in [-0.2, -0.15) is 25.3 Å². The summed E-state index contributed by atoms with van der Waals surface area (Å²) >= 11 is 7.97. The van der Waals surface area contributed by atoms with E-state index in [-0.39, 0.29) is 57.4 Å². The van der Waals surface area contributed by atoms with Gasteiger partial charge in [0.1, 0.15) is 22.6 Å². The van der Waals surface area contributed by atoms with Crippen molar-refractivity contribution >= 4 is 110 Å². The molecule has 111 heavy (non-hydrogen) atoms. The quantitative estimate of drug-likeness (QED) is 0.0113. The molecule has 2 aliphatic heterocycles. The Hall–Kier alpha value is -3.91. The molecule has 0 aromatic carbocycles. The third-order valence-electron chi connectivity index (χ3n) is 15.5. The minimum atomic E-state index is -0.471. The summed E-state index contributed by atoms with van der Waals surface area (Å²) in [5.74, 6) is 3.29. The van der Waals surface area contributed by atoms with E-state index < -0.39 is 23.1 Å². The second kappa shape index (κ2) is 69.2. The highest BCUT2D eigenvalue weighted by Crippen LogP contribution is 2.50. The van der Waals surface area contributed by atoms with Crippen molar-refractivity contribution in [1.82, 2.24) is 5.32 Å². The molecule has 2 fully saturated rings. The number of carbonyl (C=O) groups is 7. The van der Waals surface area contributed by atoms with Crippen molar-refractivity contribution in [3.63, 3.8) is 0 Å². The third-order valence-corrected chi connectivity index (χ3v) is 22.9. The van der Waals surface area contributed by atoms with E-state index in [1.807, 2.05) is 187 Å². The summed E-state index contributed by atoms with van der Waals surface area (Å²) in [5, 5.41) is 2.57. The van der Waals surface area contributed by atoms with Gasteiger partial charge in [0.15, 0.2) is 11.6 Å². The summed E-state index contributed by atoms with van der Waals surface area (Å²) in [6.45, 7) is 48.7. The predicted molar refractivity (Wildman–Crippen MR) is 500 cm³/mol. The van der Waals surface area contributed by atoms with E-state index in [0.29, 0.717) is 46.0 Å². The van der Waals surface area contributed by atoms with Crippen molar-refractivity contribution in [1.29, 1.82) is 0 Å². The molecule has 18 heteroatoms. The van der Waals surface area contributed by atoms with E-state index in [0.717, 1.165) is 109 Å². The Labute approximate surface area is 708 Å². The average molecular weight is 1660 g/mol. The Kier molecular flexibility index (Phi) is 72.1. The number of amides is 1. The fourth-order valence-corrected chi connectivity index (χ4v) is 16.4. The Bertz CT molecular complexity index is 2790. The van der Waals surface area contributed by atoms with Crippen LogP contribution >= 0.6 is 68.4 Å². The molecule has 2 heterocycles. The Morgan fingerprint density at radius 1 is 0.423 bits per heavy atom. The van der Waals surface area contributed by atoms with Gasteiger partial charge in [-0.3, -0.25) is 33.6 Å². The zero-order valence-corrected chi connectivity index (χ0v) is 79.6. The smallest absolute Gasteiger partial charge is 0.310 e. The lowest BCUT2D eigenvalue weighted by molar-refractivity contribution is -0.156. The van der Waals surface area contributed by atoms with E-state index in [1.54, 1.807) is 0 Å². The molecule has 0 radical (unpaired) electrons. The van der Waals surface area contributed by atoms with Crippen LogP contribution in [0.4, 0.5) is 0 Å². The molecular formula is C93H162N2O10S6. The number of unbranched alkanes of at least 4 members (excludes halogenated alkanes) is 3. The Morgan fingerprint density at radius 2 is 0.748 bits per heavy atom. The van der Waals surface area contributed by atoms with Gasteiger partial charge in [-0.1, -0.05) is 273 Å². The van der Waals surface area contributed by atoms with Crippen molar-refractivity contribution in [2.24, 2.45) is 22.0 Å². The average Bonchev–Trinajstić information content (AvgIpc) is 1.87. The van der Waals surface area contributed by atoms with Crippen molar-refractivity contribution in [3.8, 4) is 0 Å². The highest BCUT2D eigenvalue weighted by atomic mass is 33.1. The molecule has 2 saturated heterocycles. The number of Topliss-reactive ketones (excluding diaryl/α,β-unsaturated/α-hetero) is 3. The Morgan fingerprint density at radius 3 is 1.04 bits per heavy atom. The number of ether oxygens (including phenoxy) is 3. The van der Waals surface area contributed by atoms with Crippen molar-refractivity contribution in [2.75, 3.05) is 23.0 Å². The fourth-order valence-electron chi connectivity index (χ4n) is 9.37. The molecule has 0 aliphatic carbocycles.